The summed E-state index contributed by atoms with van der Waals surface area (Å²) in [5.41, 5.74) is 9.82. The summed E-state index contributed by atoms with van der Waals surface area (Å²) in [6.07, 6.45) is 1.66. The molecule has 0 bridgehead atoms. The summed E-state index contributed by atoms with van der Waals surface area (Å²) in [4.78, 5) is 0. The van der Waals surface area contributed by atoms with E-state index in [4.69, 9.17) is 11.0 Å². The molecule has 42 valence electrons. The normalized spacial score (nSPS) is 11.1. The Morgan fingerprint density at radius 2 is 2.14 bits per heavy atom. The SMILES string of the molecule is C=CCP(N)(N)=O. The first kappa shape index (κ1) is 6.89. The maximum Gasteiger partial charge on any atom is 0.209 e. The molecule has 0 aliphatic heterocycles. The van der Waals surface area contributed by atoms with Gasteiger partial charge >= 0.3 is 0 Å². The Kier molecular flexibility index (Phi) is 2.23. The lowest BCUT2D eigenvalue weighted by atomic mass is 10.8. The summed E-state index contributed by atoms with van der Waals surface area (Å²) in [6, 6.07) is 0. The molecule has 0 saturated carbocycles. The first-order valence-corrected chi connectivity index (χ1v) is 3.86. The second-order valence-electron chi connectivity index (χ2n) is 1.33. The van der Waals surface area contributed by atoms with Gasteiger partial charge in [-0.1, -0.05) is 6.08 Å². The molecule has 0 spiro atoms. The zero-order chi connectivity index (χ0) is 5.91. The second kappa shape index (κ2) is 2.26. The van der Waals surface area contributed by atoms with Crippen molar-refractivity contribution < 1.29 is 4.57 Å². The predicted molar refractivity (Wildman–Crippen MR) is 31.0 cm³/mol. The van der Waals surface area contributed by atoms with E-state index in [9.17, 15) is 4.57 Å². The summed E-state index contributed by atoms with van der Waals surface area (Å²) in [5.74, 6) is 0. The monoisotopic (exact) mass is 120 g/mol. The van der Waals surface area contributed by atoms with Crippen molar-refractivity contribution in [1.82, 2.24) is 0 Å². The van der Waals surface area contributed by atoms with Gasteiger partial charge in [-0.25, -0.2) is 0 Å². The molecule has 3 nitrogen and oxygen atoms in total. The number of nitrogens with two attached hydrogens (primary N) is 2. The van der Waals surface area contributed by atoms with Crippen molar-refractivity contribution >= 4 is 7.44 Å². The first-order chi connectivity index (χ1) is 3.06. The van der Waals surface area contributed by atoms with Gasteiger partial charge in [0.15, 0.2) is 0 Å². The van der Waals surface area contributed by atoms with E-state index < -0.39 is 7.44 Å². The average Bonchev–Trinajstić information content (AvgIpc) is 1.30. The molecule has 0 rings (SSSR count). The van der Waals surface area contributed by atoms with E-state index in [0.717, 1.165) is 0 Å². The fraction of sp³-hybridized carbons (Fsp3) is 0.333. The third-order valence-corrected chi connectivity index (χ3v) is 1.24. The van der Waals surface area contributed by atoms with E-state index in [1.807, 2.05) is 0 Å². The Labute approximate surface area is 42.9 Å². The number of hydrogen-bond acceptors (Lipinski definition) is 1. The van der Waals surface area contributed by atoms with Crippen LogP contribution in [0.25, 0.3) is 0 Å². The maximum absolute atomic E-state index is 10.3. The minimum absolute atomic E-state index is 0.215. The largest absolute Gasteiger partial charge is 0.289 e. The zero-order valence-corrected chi connectivity index (χ0v) is 4.90. The van der Waals surface area contributed by atoms with Gasteiger partial charge in [0.2, 0.25) is 7.44 Å². The van der Waals surface area contributed by atoms with Crippen LogP contribution in [0.1, 0.15) is 0 Å². The summed E-state index contributed by atoms with van der Waals surface area (Å²) < 4.78 is 10.3. The zero-order valence-electron chi connectivity index (χ0n) is 4.00. The molecule has 0 aromatic rings. The highest BCUT2D eigenvalue weighted by Gasteiger charge is 2.01. The summed E-state index contributed by atoms with van der Waals surface area (Å²) in [7, 11) is -2.78. The maximum atomic E-state index is 10.3. The van der Waals surface area contributed by atoms with E-state index in [0.29, 0.717) is 0 Å². The summed E-state index contributed by atoms with van der Waals surface area (Å²) in [5, 5.41) is 0. The highest BCUT2D eigenvalue weighted by Crippen LogP contribution is 2.23. The molecule has 0 heterocycles. The van der Waals surface area contributed by atoms with Gasteiger partial charge in [-0.05, 0) is 0 Å². The van der Waals surface area contributed by atoms with Crippen molar-refractivity contribution in [2.24, 2.45) is 11.0 Å². The van der Waals surface area contributed by atoms with Gasteiger partial charge in [0.1, 0.15) is 0 Å². The molecule has 0 atom stereocenters. The van der Waals surface area contributed by atoms with Gasteiger partial charge in [0, 0.05) is 6.16 Å². The number of allylic oxidation sites excluding steroid dienone is 1. The molecule has 0 unspecified atom stereocenters. The third kappa shape index (κ3) is 5.89. The van der Waals surface area contributed by atoms with Crippen LogP contribution in [0.3, 0.4) is 0 Å². The third-order valence-electron chi connectivity index (χ3n) is 0.414. The topological polar surface area (TPSA) is 69.1 Å². The second-order valence-corrected chi connectivity index (χ2v) is 3.40. The molecule has 7 heavy (non-hydrogen) atoms. The molecule has 0 amide bonds. The average molecular weight is 120 g/mol. The van der Waals surface area contributed by atoms with Crippen LogP contribution in [0.15, 0.2) is 12.7 Å². The molecule has 4 N–H and O–H groups in total. The van der Waals surface area contributed by atoms with Crippen molar-refractivity contribution in [2.75, 3.05) is 6.16 Å². The fourth-order valence-corrected chi connectivity index (χ4v) is 0.605. The number of hydrogen-bond donors (Lipinski definition) is 2. The minimum atomic E-state index is -2.78. The van der Waals surface area contributed by atoms with Crippen LogP contribution in [-0.4, -0.2) is 6.16 Å². The van der Waals surface area contributed by atoms with Gasteiger partial charge in [-0.15, -0.1) is 6.58 Å². The molecular formula is C3H9N2OP. The lowest BCUT2D eigenvalue weighted by molar-refractivity contribution is 0.578. The first-order valence-electron chi connectivity index (χ1n) is 1.83. The van der Waals surface area contributed by atoms with Gasteiger partial charge in [0.25, 0.3) is 0 Å². The Morgan fingerprint density at radius 1 is 1.71 bits per heavy atom. The molecule has 0 aliphatic carbocycles. The Bertz CT molecular complexity index is 106. The molecule has 4 heteroatoms. The van der Waals surface area contributed by atoms with Crippen LogP contribution in [0, 0.1) is 0 Å². The van der Waals surface area contributed by atoms with Crippen molar-refractivity contribution in [1.29, 1.82) is 0 Å². The van der Waals surface area contributed by atoms with Crippen molar-refractivity contribution in [3.63, 3.8) is 0 Å². The van der Waals surface area contributed by atoms with Crippen molar-refractivity contribution in [2.45, 2.75) is 0 Å². The number of rotatable bonds is 2. The van der Waals surface area contributed by atoms with Crippen molar-refractivity contribution in [3.05, 3.63) is 12.7 Å². The van der Waals surface area contributed by atoms with Crippen molar-refractivity contribution in [3.8, 4) is 0 Å². The van der Waals surface area contributed by atoms with Crippen LogP contribution in [0.5, 0.6) is 0 Å². The molecule has 0 aromatic heterocycles. The quantitative estimate of drug-likeness (QED) is 0.406. The van der Waals surface area contributed by atoms with Gasteiger partial charge < -0.3 is 0 Å². The Balaban J connectivity index is 3.57. The van der Waals surface area contributed by atoms with E-state index in [1.165, 1.54) is 6.08 Å². The van der Waals surface area contributed by atoms with Gasteiger partial charge in [-0.2, -0.15) is 0 Å². The lowest BCUT2D eigenvalue weighted by Crippen LogP contribution is -2.06. The molecule has 0 radical (unpaired) electrons. The van der Waals surface area contributed by atoms with Crippen LogP contribution < -0.4 is 11.0 Å². The molecule has 0 aliphatic rings. The van der Waals surface area contributed by atoms with Crippen LogP contribution in [-0.2, 0) is 4.57 Å². The van der Waals surface area contributed by atoms with Gasteiger partial charge in [0.05, 0.1) is 0 Å². The predicted octanol–water partition coefficient (Wildman–Crippen LogP) is 0.283. The lowest BCUT2D eigenvalue weighted by Gasteiger charge is -1.97. The molecular weight excluding hydrogens is 111 g/mol. The van der Waals surface area contributed by atoms with Crippen LogP contribution in [0.4, 0.5) is 0 Å². The Morgan fingerprint density at radius 3 is 2.14 bits per heavy atom. The van der Waals surface area contributed by atoms with E-state index in [-0.39, 0.29) is 6.16 Å². The van der Waals surface area contributed by atoms with E-state index in [1.54, 1.807) is 0 Å². The minimum Gasteiger partial charge on any atom is -0.289 e. The molecule has 0 aromatic carbocycles. The van der Waals surface area contributed by atoms with E-state index in [2.05, 4.69) is 6.58 Å². The Hall–Kier alpha value is -0.110. The van der Waals surface area contributed by atoms with Gasteiger partial charge in [-0.3, -0.25) is 15.6 Å². The smallest absolute Gasteiger partial charge is 0.209 e. The molecule has 0 saturated heterocycles. The summed E-state index contributed by atoms with van der Waals surface area (Å²) in [6.45, 7) is 3.31. The molecule has 0 fully saturated rings. The summed E-state index contributed by atoms with van der Waals surface area (Å²) >= 11 is 0. The fourth-order valence-electron chi connectivity index (χ4n) is 0.202. The highest BCUT2D eigenvalue weighted by atomic mass is 31.2. The highest BCUT2D eigenvalue weighted by molar-refractivity contribution is 7.59. The standard InChI is InChI=1S/C3H9N2OP/c1-2-3-7(4,5)6/h2H,1,3H2,(H4,4,5,6). The van der Waals surface area contributed by atoms with E-state index >= 15 is 0 Å². The van der Waals surface area contributed by atoms with Crippen LogP contribution >= 0.6 is 7.44 Å². The van der Waals surface area contributed by atoms with Crippen LogP contribution in [0.2, 0.25) is 0 Å².